The zero-order chi connectivity index (χ0) is 15.7. The quantitative estimate of drug-likeness (QED) is 0.771. The highest BCUT2D eigenvalue weighted by Gasteiger charge is 2.38. The molecule has 0 aromatic heterocycles. The van der Waals surface area contributed by atoms with Gasteiger partial charge in [-0.05, 0) is 55.0 Å². The summed E-state index contributed by atoms with van der Waals surface area (Å²) in [5.41, 5.74) is 1.87. The number of hydrogen-bond donors (Lipinski definition) is 2. The molecule has 0 spiro atoms. The van der Waals surface area contributed by atoms with Crippen molar-refractivity contribution in [2.24, 2.45) is 5.41 Å². The Balaban J connectivity index is 2.25. The van der Waals surface area contributed by atoms with Crippen molar-refractivity contribution in [1.82, 2.24) is 10.0 Å². The van der Waals surface area contributed by atoms with Crippen molar-refractivity contribution in [1.29, 1.82) is 0 Å². The summed E-state index contributed by atoms with van der Waals surface area (Å²) in [6.45, 7) is 8.00. The van der Waals surface area contributed by atoms with Crippen molar-refractivity contribution >= 4 is 26.0 Å². The number of sulfonamides is 1. The maximum Gasteiger partial charge on any atom is 0.240 e. The van der Waals surface area contributed by atoms with E-state index in [0.29, 0.717) is 18.0 Å². The summed E-state index contributed by atoms with van der Waals surface area (Å²) in [6, 6.07) is 3.74. The van der Waals surface area contributed by atoms with Crippen molar-refractivity contribution in [3.05, 3.63) is 27.7 Å². The van der Waals surface area contributed by atoms with E-state index in [0.717, 1.165) is 35.0 Å². The second kappa shape index (κ2) is 6.36. The van der Waals surface area contributed by atoms with Gasteiger partial charge < -0.3 is 5.32 Å². The van der Waals surface area contributed by atoms with Gasteiger partial charge in [0.2, 0.25) is 10.0 Å². The normalized spacial score (nSPS) is 17.0. The second-order valence-electron chi connectivity index (χ2n) is 6.12. The molecule has 2 rings (SSSR count). The zero-order valence-corrected chi connectivity index (χ0v) is 15.2. The lowest BCUT2D eigenvalue weighted by molar-refractivity contribution is 0.530. The van der Waals surface area contributed by atoms with Gasteiger partial charge in [0, 0.05) is 17.6 Å². The van der Waals surface area contributed by atoms with E-state index in [1.54, 1.807) is 6.07 Å². The first kappa shape index (κ1) is 16.9. The zero-order valence-electron chi connectivity index (χ0n) is 12.8. The molecule has 1 aromatic rings. The molecule has 0 heterocycles. The predicted molar refractivity (Wildman–Crippen MR) is 88.8 cm³/mol. The molecule has 1 fully saturated rings. The molecule has 0 bridgehead atoms. The molecular weight excluding hydrogens is 352 g/mol. The van der Waals surface area contributed by atoms with Crippen LogP contribution in [0.3, 0.4) is 0 Å². The highest BCUT2D eigenvalue weighted by Crippen LogP contribution is 2.44. The van der Waals surface area contributed by atoms with E-state index >= 15 is 0 Å². The van der Waals surface area contributed by atoms with Crippen LogP contribution in [0.15, 0.2) is 21.5 Å². The van der Waals surface area contributed by atoms with E-state index in [2.05, 4.69) is 32.9 Å². The molecule has 0 atom stereocenters. The minimum Gasteiger partial charge on any atom is -0.313 e. The number of rotatable bonds is 7. The standard InChI is InChI=1S/C15H23BrN2O2S/c1-4-17-9-12-7-13(16)11(2)14(8-12)21(19,20)18-10-15(3)5-6-15/h7-8,17-18H,4-6,9-10H2,1-3H3. The largest absolute Gasteiger partial charge is 0.313 e. The maximum atomic E-state index is 12.6. The Bertz CT molecular complexity index is 625. The number of nitrogens with one attached hydrogen (secondary N) is 2. The lowest BCUT2D eigenvalue weighted by atomic mass is 10.1. The Kier molecular flexibility index (Phi) is 5.13. The van der Waals surface area contributed by atoms with Gasteiger partial charge in [-0.1, -0.05) is 29.8 Å². The van der Waals surface area contributed by atoms with E-state index in [1.807, 2.05) is 19.9 Å². The highest BCUT2D eigenvalue weighted by atomic mass is 79.9. The summed E-state index contributed by atoms with van der Waals surface area (Å²) in [5.74, 6) is 0. The number of benzene rings is 1. The van der Waals surface area contributed by atoms with Crippen LogP contribution < -0.4 is 10.0 Å². The van der Waals surface area contributed by atoms with E-state index in [1.165, 1.54) is 0 Å². The molecule has 1 aromatic carbocycles. The first-order valence-corrected chi connectivity index (χ1v) is 9.54. The maximum absolute atomic E-state index is 12.6. The van der Waals surface area contributed by atoms with Gasteiger partial charge in [0.1, 0.15) is 0 Å². The van der Waals surface area contributed by atoms with Crippen molar-refractivity contribution in [2.75, 3.05) is 13.1 Å². The van der Waals surface area contributed by atoms with Gasteiger partial charge in [-0.2, -0.15) is 0 Å². The Morgan fingerprint density at radius 3 is 2.57 bits per heavy atom. The fourth-order valence-corrected chi connectivity index (χ4v) is 4.25. The molecule has 1 aliphatic carbocycles. The third-order valence-corrected chi connectivity index (χ3v) is 6.37. The second-order valence-corrected chi connectivity index (χ2v) is 8.71. The molecular formula is C15H23BrN2O2S. The van der Waals surface area contributed by atoms with E-state index in [-0.39, 0.29) is 5.41 Å². The van der Waals surface area contributed by atoms with Crippen LogP contribution in [-0.2, 0) is 16.6 Å². The summed E-state index contributed by atoms with van der Waals surface area (Å²) in [7, 11) is -3.46. The average molecular weight is 375 g/mol. The van der Waals surface area contributed by atoms with Crippen LogP contribution in [0.25, 0.3) is 0 Å². The predicted octanol–water partition coefficient (Wildman–Crippen LogP) is 2.95. The van der Waals surface area contributed by atoms with Crippen LogP contribution in [0.1, 0.15) is 37.8 Å². The van der Waals surface area contributed by atoms with E-state index < -0.39 is 10.0 Å². The van der Waals surface area contributed by atoms with Crippen molar-refractivity contribution in [3.63, 3.8) is 0 Å². The fraction of sp³-hybridized carbons (Fsp3) is 0.600. The first-order valence-electron chi connectivity index (χ1n) is 7.27. The van der Waals surface area contributed by atoms with Crippen molar-refractivity contribution in [2.45, 2.75) is 45.1 Å². The molecule has 0 aliphatic heterocycles. The molecule has 1 aliphatic rings. The SMILES string of the molecule is CCNCc1cc(Br)c(C)c(S(=O)(=O)NCC2(C)CC2)c1. The van der Waals surface area contributed by atoms with Crippen LogP contribution in [0.5, 0.6) is 0 Å². The molecule has 0 radical (unpaired) electrons. The van der Waals surface area contributed by atoms with Gasteiger partial charge in [-0.15, -0.1) is 0 Å². The van der Waals surface area contributed by atoms with Crippen LogP contribution in [0.2, 0.25) is 0 Å². The molecule has 21 heavy (non-hydrogen) atoms. The van der Waals surface area contributed by atoms with Gasteiger partial charge >= 0.3 is 0 Å². The monoisotopic (exact) mass is 374 g/mol. The summed E-state index contributed by atoms with van der Waals surface area (Å²) in [4.78, 5) is 0.369. The molecule has 0 unspecified atom stereocenters. The third-order valence-electron chi connectivity index (χ3n) is 4.02. The molecule has 0 amide bonds. The third kappa shape index (κ3) is 4.28. The molecule has 4 nitrogen and oxygen atoms in total. The van der Waals surface area contributed by atoms with Gasteiger partial charge in [0.15, 0.2) is 0 Å². The summed E-state index contributed by atoms with van der Waals surface area (Å²) < 4.78 is 28.7. The molecule has 6 heteroatoms. The van der Waals surface area contributed by atoms with Crippen molar-refractivity contribution < 1.29 is 8.42 Å². The molecule has 2 N–H and O–H groups in total. The van der Waals surface area contributed by atoms with E-state index in [9.17, 15) is 8.42 Å². The van der Waals surface area contributed by atoms with Gasteiger partial charge in [0.05, 0.1) is 4.90 Å². The van der Waals surface area contributed by atoms with Crippen LogP contribution in [0, 0.1) is 12.3 Å². The Labute approximate surface area is 135 Å². The Hall–Kier alpha value is -0.430. The van der Waals surface area contributed by atoms with Crippen LogP contribution in [-0.4, -0.2) is 21.5 Å². The van der Waals surface area contributed by atoms with E-state index in [4.69, 9.17) is 0 Å². The first-order chi connectivity index (χ1) is 9.77. The molecule has 118 valence electrons. The highest BCUT2D eigenvalue weighted by molar-refractivity contribution is 9.10. The van der Waals surface area contributed by atoms with Gasteiger partial charge in [-0.25, -0.2) is 13.1 Å². The summed E-state index contributed by atoms with van der Waals surface area (Å²) in [6.07, 6.45) is 2.19. The summed E-state index contributed by atoms with van der Waals surface area (Å²) >= 11 is 3.46. The van der Waals surface area contributed by atoms with Gasteiger partial charge in [-0.3, -0.25) is 0 Å². The number of halogens is 1. The minimum atomic E-state index is -3.46. The lowest BCUT2D eigenvalue weighted by Gasteiger charge is -2.15. The topological polar surface area (TPSA) is 58.2 Å². The van der Waals surface area contributed by atoms with Crippen LogP contribution >= 0.6 is 15.9 Å². The van der Waals surface area contributed by atoms with Crippen molar-refractivity contribution in [3.8, 4) is 0 Å². The van der Waals surface area contributed by atoms with Crippen LogP contribution in [0.4, 0.5) is 0 Å². The minimum absolute atomic E-state index is 0.152. The number of hydrogen-bond acceptors (Lipinski definition) is 3. The smallest absolute Gasteiger partial charge is 0.240 e. The molecule has 1 saturated carbocycles. The lowest BCUT2D eigenvalue weighted by Crippen LogP contribution is -2.30. The Morgan fingerprint density at radius 1 is 1.33 bits per heavy atom. The average Bonchev–Trinajstić information content (AvgIpc) is 3.16. The fourth-order valence-electron chi connectivity index (χ4n) is 2.09. The summed E-state index contributed by atoms with van der Waals surface area (Å²) in [5, 5.41) is 3.22. The van der Waals surface area contributed by atoms with Gasteiger partial charge in [0.25, 0.3) is 0 Å². The Morgan fingerprint density at radius 2 is 2.00 bits per heavy atom. The molecule has 0 saturated heterocycles.